The Bertz CT molecular complexity index is 137. The van der Waals surface area contributed by atoms with Gasteiger partial charge in [0, 0.05) is 38.6 Å². The van der Waals surface area contributed by atoms with E-state index in [9.17, 15) is 4.79 Å². The van der Waals surface area contributed by atoms with E-state index in [1.54, 1.807) is 0 Å². The third-order valence-electron chi connectivity index (χ3n) is 2.35. The number of Topliss-reactive ketones (excluding diaryl/α,β-unsaturated/α-hetero) is 1. The van der Waals surface area contributed by atoms with Gasteiger partial charge in [0.05, 0.1) is 0 Å². The van der Waals surface area contributed by atoms with Crippen molar-refractivity contribution in [3.63, 3.8) is 0 Å². The molecule has 1 rings (SSSR count). The second-order valence-electron chi connectivity index (χ2n) is 3.68. The predicted octanol–water partition coefficient (Wildman–Crippen LogP) is 3.05. The van der Waals surface area contributed by atoms with Crippen LogP contribution in [-0.2, 0) is 37.5 Å². The van der Waals surface area contributed by atoms with Crippen LogP contribution in [0.5, 0.6) is 0 Å². The first-order valence-electron chi connectivity index (χ1n) is 4.59. The minimum atomic E-state index is 0. The van der Waals surface area contributed by atoms with E-state index < -0.39 is 0 Å². The van der Waals surface area contributed by atoms with Crippen molar-refractivity contribution in [3.8, 4) is 0 Å². The summed E-state index contributed by atoms with van der Waals surface area (Å²) in [7, 11) is 0. The summed E-state index contributed by atoms with van der Waals surface area (Å²) in [5, 5.41) is 0. The van der Waals surface area contributed by atoms with Crippen molar-refractivity contribution in [1.82, 2.24) is 0 Å². The molecular formula is C11H20OY-2. The van der Waals surface area contributed by atoms with Gasteiger partial charge in [-0.15, -0.1) is 5.92 Å². The molecule has 2 heteroatoms. The number of hydrogen-bond acceptors (Lipinski definition) is 1. The number of carbonyl (C=O) groups is 1. The molecule has 1 aliphatic rings. The van der Waals surface area contributed by atoms with Crippen LogP contribution in [0.1, 0.15) is 39.5 Å². The first-order valence-corrected chi connectivity index (χ1v) is 4.59. The molecular weight excluding hydrogens is 237 g/mol. The number of hydrogen-bond donors (Lipinski definition) is 0. The molecule has 1 radical (unpaired) electrons. The summed E-state index contributed by atoms with van der Waals surface area (Å²) in [5.41, 5.74) is 0. The van der Waals surface area contributed by atoms with Gasteiger partial charge in [-0.1, -0.05) is 33.1 Å². The Kier molecular flexibility index (Phi) is 10.1. The van der Waals surface area contributed by atoms with Crippen LogP contribution in [0, 0.1) is 25.7 Å². The normalized spacial score (nSPS) is 21.6. The van der Waals surface area contributed by atoms with Gasteiger partial charge in [-0.3, -0.25) is 0 Å². The third-order valence-corrected chi connectivity index (χ3v) is 2.35. The third kappa shape index (κ3) is 5.27. The molecule has 0 N–H and O–H groups in total. The molecule has 0 aromatic carbocycles. The monoisotopic (exact) mass is 257 g/mol. The van der Waals surface area contributed by atoms with Gasteiger partial charge < -0.3 is 18.6 Å². The van der Waals surface area contributed by atoms with Crippen molar-refractivity contribution in [1.29, 1.82) is 0 Å². The van der Waals surface area contributed by atoms with Crippen LogP contribution in [0.2, 0.25) is 0 Å². The number of carbonyl (C=O) groups excluding carboxylic acids is 1. The molecule has 1 atom stereocenters. The van der Waals surface area contributed by atoms with Gasteiger partial charge in [0.1, 0.15) is 5.78 Å². The van der Waals surface area contributed by atoms with Crippen molar-refractivity contribution in [2.24, 2.45) is 11.8 Å². The number of ketones is 1. The Hall–Kier alpha value is 0.774. The molecule has 0 saturated heterocycles. The van der Waals surface area contributed by atoms with Crippen molar-refractivity contribution in [2.75, 3.05) is 0 Å². The topological polar surface area (TPSA) is 17.1 Å². The van der Waals surface area contributed by atoms with Crippen molar-refractivity contribution < 1.29 is 37.5 Å². The van der Waals surface area contributed by atoms with Crippen molar-refractivity contribution in [3.05, 3.63) is 13.8 Å². The van der Waals surface area contributed by atoms with Gasteiger partial charge in [-0.25, -0.2) is 0 Å². The quantitative estimate of drug-likeness (QED) is 0.695. The molecule has 13 heavy (non-hydrogen) atoms. The van der Waals surface area contributed by atoms with Gasteiger partial charge in [0.15, 0.2) is 0 Å². The molecule has 1 fully saturated rings. The maximum atomic E-state index is 11.5. The van der Waals surface area contributed by atoms with Crippen LogP contribution in [0.15, 0.2) is 0 Å². The van der Waals surface area contributed by atoms with Crippen LogP contribution >= 0.6 is 0 Å². The van der Waals surface area contributed by atoms with Crippen LogP contribution < -0.4 is 0 Å². The van der Waals surface area contributed by atoms with Gasteiger partial charge in [0.2, 0.25) is 0 Å². The van der Waals surface area contributed by atoms with Crippen LogP contribution in [0.4, 0.5) is 0 Å². The molecule has 1 nitrogen and oxygen atoms in total. The average Bonchev–Trinajstić information content (AvgIpc) is 2.05. The fourth-order valence-electron chi connectivity index (χ4n) is 1.63. The maximum absolute atomic E-state index is 11.5. The van der Waals surface area contributed by atoms with E-state index in [4.69, 9.17) is 0 Å². The molecule has 75 valence electrons. The van der Waals surface area contributed by atoms with Gasteiger partial charge >= 0.3 is 0 Å². The van der Waals surface area contributed by atoms with E-state index in [2.05, 4.69) is 6.42 Å². The van der Waals surface area contributed by atoms with Crippen LogP contribution in [0.25, 0.3) is 0 Å². The van der Waals surface area contributed by atoms with Gasteiger partial charge in [-0.2, -0.15) is 6.42 Å². The summed E-state index contributed by atoms with van der Waals surface area (Å²) in [4.78, 5) is 11.5. The van der Waals surface area contributed by atoms with Gasteiger partial charge in [0.25, 0.3) is 0 Å². The van der Waals surface area contributed by atoms with Crippen LogP contribution in [-0.4, -0.2) is 5.78 Å². The van der Waals surface area contributed by atoms with Crippen molar-refractivity contribution >= 4 is 5.78 Å². The predicted molar refractivity (Wildman–Crippen MR) is 52.5 cm³/mol. The standard InChI is InChI=1S/C10H17O.CH3.Y/c1-8(2)10(11)9-6-4-3-5-7-9;;/h6,8-9H,3-5,7H2,1-2H3;1H3;/q2*-1;. The van der Waals surface area contributed by atoms with E-state index >= 15 is 0 Å². The molecule has 1 aliphatic carbocycles. The molecule has 1 unspecified atom stereocenters. The summed E-state index contributed by atoms with van der Waals surface area (Å²) in [6.45, 7) is 3.98. The largest absolute Gasteiger partial charge is 0.358 e. The zero-order valence-electron chi connectivity index (χ0n) is 9.05. The van der Waals surface area contributed by atoms with Crippen molar-refractivity contribution in [2.45, 2.75) is 39.5 Å². The molecule has 0 amide bonds. The van der Waals surface area contributed by atoms with E-state index in [1.165, 1.54) is 12.8 Å². The van der Waals surface area contributed by atoms with E-state index in [-0.39, 0.29) is 52.0 Å². The first-order chi connectivity index (χ1) is 5.22. The smallest absolute Gasteiger partial charge is 0.109 e. The van der Waals surface area contributed by atoms with E-state index in [1.807, 2.05) is 13.8 Å². The zero-order valence-corrected chi connectivity index (χ0v) is 11.9. The summed E-state index contributed by atoms with van der Waals surface area (Å²) in [5.74, 6) is 0.933. The van der Waals surface area contributed by atoms with Crippen LogP contribution in [0.3, 0.4) is 0 Å². The SMILES string of the molecule is CC(C)C(=O)C1[CH-]CCCC1.[CH3-].[Y]. The Morgan fingerprint density at radius 2 is 2.00 bits per heavy atom. The maximum Gasteiger partial charge on any atom is 0.109 e. The Morgan fingerprint density at radius 3 is 2.38 bits per heavy atom. The average molecular weight is 257 g/mol. The molecule has 0 heterocycles. The molecule has 1 saturated carbocycles. The molecule has 0 aliphatic heterocycles. The van der Waals surface area contributed by atoms with E-state index in [0.717, 1.165) is 12.8 Å². The first kappa shape index (κ1) is 16.2. The molecule has 0 bridgehead atoms. The minimum Gasteiger partial charge on any atom is -0.358 e. The second-order valence-corrected chi connectivity index (χ2v) is 3.68. The Morgan fingerprint density at radius 1 is 1.38 bits per heavy atom. The minimum absolute atomic E-state index is 0. The Labute approximate surface area is 108 Å². The van der Waals surface area contributed by atoms with Gasteiger partial charge in [-0.05, 0) is 0 Å². The Balaban J connectivity index is 0. The second kappa shape index (κ2) is 8.11. The molecule has 0 aromatic rings. The molecule has 0 spiro atoms. The fraction of sp³-hybridized carbons (Fsp3) is 0.727. The summed E-state index contributed by atoms with van der Waals surface area (Å²) in [6.07, 6.45) is 6.95. The zero-order chi connectivity index (χ0) is 8.27. The van der Waals surface area contributed by atoms with E-state index in [0.29, 0.717) is 5.78 Å². The summed E-state index contributed by atoms with van der Waals surface area (Å²) >= 11 is 0. The summed E-state index contributed by atoms with van der Waals surface area (Å²) in [6, 6.07) is 0. The molecule has 0 aromatic heterocycles. The fourth-order valence-corrected chi connectivity index (χ4v) is 1.63. The summed E-state index contributed by atoms with van der Waals surface area (Å²) < 4.78 is 0. The number of rotatable bonds is 2.